The first-order chi connectivity index (χ1) is 9.54. The van der Waals surface area contributed by atoms with Crippen LogP contribution in [-0.2, 0) is 4.79 Å². The number of aryl methyl sites for hydroxylation is 1. The van der Waals surface area contributed by atoms with E-state index in [-0.39, 0.29) is 11.7 Å². The Balaban J connectivity index is 2.02. The molecule has 4 heteroatoms. The minimum Gasteiger partial charge on any atom is -0.462 e. The van der Waals surface area contributed by atoms with E-state index in [0.29, 0.717) is 17.0 Å². The molecule has 0 bridgehead atoms. The Morgan fingerprint density at radius 1 is 1.20 bits per heavy atom. The molecule has 0 aliphatic carbocycles. The molecule has 0 saturated carbocycles. The number of hydrogen-bond acceptors (Lipinski definition) is 3. The molecule has 0 spiro atoms. The SMILES string of the molecule is CC(=O)c1cccc(NC(=O)/C=C\c2ccc(C)o2)c1. The number of carbonyl (C=O) groups is 2. The third-order valence-electron chi connectivity index (χ3n) is 2.70. The van der Waals surface area contributed by atoms with Crippen molar-refractivity contribution in [2.75, 3.05) is 5.32 Å². The number of carbonyl (C=O) groups excluding carboxylic acids is 2. The van der Waals surface area contributed by atoms with E-state index in [2.05, 4.69) is 5.32 Å². The summed E-state index contributed by atoms with van der Waals surface area (Å²) in [5, 5.41) is 2.69. The molecule has 1 aromatic carbocycles. The maximum atomic E-state index is 11.7. The van der Waals surface area contributed by atoms with Crippen LogP contribution < -0.4 is 5.32 Å². The third kappa shape index (κ3) is 3.68. The molecule has 1 heterocycles. The second kappa shape index (κ2) is 6.02. The molecule has 20 heavy (non-hydrogen) atoms. The van der Waals surface area contributed by atoms with Crippen LogP contribution in [0, 0.1) is 6.92 Å². The highest BCUT2D eigenvalue weighted by molar-refractivity contribution is 6.02. The molecular formula is C16H15NO3. The minimum absolute atomic E-state index is 0.0392. The van der Waals surface area contributed by atoms with Crippen molar-refractivity contribution in [2.45, 2.75) is 13.8 Å². The number of rotatable bonds is 4. The van der Waals surface area contributed by atoms with Crippen LogP contribution in [-0.4, -0.2) is 11.7 Å². The zero-order chi connectivity index (χ0) is 14.5. The second-order valence-corrected chi connectivity index (χ2v) is 4.41. The first-order valence-corrected chi connectivity index (χ1v) is 6.21. The standard InChI is InChI=1S/C16H15NO3/c1-11-6-7-15(20-11)8-9-16(19)17-14-5-3-4-13(10-14)12(2)18/h3-10H,1-2H3,(H,17,19)/b9-8-. The van der Waals surface area contributed by atoms with Crippen LogP contribution in [0.1, 0.15) is 28.8 Å². The Bertz CT molecular complexity index is 668. The number of Topliss-reactive ketones (excluding diaryl/α,β-unsaturated/α-hetero) is 1. The molecule has 4 nitrogen and oxygen atoms in total. The fourth-order valence-electron chi connectivity index (χ4n) is 1.70. The topological polar surface area (TPSA) is 59.3 Å². The van der Waals surface area contributed by atoms with E-state index in [1.54, 1.807) is 36.4 Å². The van der Waals surface area contributed by atoms with Gasteiger partial charge in [-0.2, -0.15) is 0 Å². The Hall–Kier alpha value is -2.62. The van der Waals surface area contributed by atoms with E-state index in [0.717, 1.165) is 5.76 Å². The van der Waals surface area contributed by atoms with Gasteiger partial charge in [-0.15, -0.1) is 0 Å². The first kappa shape index (κ1) is 13.8. The zero-order valence-electron chi connectivity index (χ0n) is 11.3. The van der Waals surface area contributed by atoms with E-state index in [9.17, 15) is 9.59 Å². The fourth-order valence-corrected chi connectivity index (χ4v) is 1.70. The van der Waals surface area contributed by atoms with Crippen LogP contribution >= 0.6 is 0 Å². The Kier molecular flexibility index (Phi) is 4.15. The number of hydrogen-bond donors (Lipinski definition) is 1. The number of ketones is 1. The highest BCUT2D eigenvalue weighted by atomic mass is 16.3. The van der Waals surface area contributed by atoms with E-state index in [1.807, 2.05) is 13.0 Å². The molecule has 0 radical (unpaired) electrons. The van der Waals surface area contributed by atoms with Crippen LogP contribution in [0.3, 0.4) is 0 Å². The van der Waals surface area contributed by atoms with Gasteiger partial charge in [-0.05, 0) is 44.2 Å². The minimum atomic E-state index is -0.278. The Labute approximate surface area is 117 Å². The molecule has 1 N–H and O–H groups in total. The molecule has 2 rings (SSSR count). The van der Waals surface area contributed by atoms with Gasteiger partial charge in [0.05, 0.1) is 0 Å². The Morgan fingerprint density at radius 2 is 2.00 bits per heavy atom. The Morgan fingerprint density at radius 3 is 2.65 bits per heavy atom. The fraction of sp³-hybridized carbons (Fsp3) is 0.125. The summed E-state index contributed by atoms with van der Waals surface area (Å²) in [7, 11) is 0. The van der Waals surface area contributed by atoms with Crippen LogP contribution in [0.4, 0.5) is 5.69 Å². The predicted octanol–water partition coefficient (Wildman–Crippen LogP) is 3.44. The summed E-state index contributed by atoms with van der Waals surface area (Å²) in [6, 6.07) is 10.4. The number of anilines is 1. The van der Waals surface area contributed by atoms with Gasteiger partial charge >= 0.3 is 0 Å². The van der Waals surface area contributed by atoms with Crippen LogP contribution in [0.2, 0.25) is 0 Å². The van der Waals surface area contributed by atoms with Crippen LogP contribution in [0.25, 0.3) is 6.08 Å². The molecular weight excluding hydrogens is 254 g/mol. The van der Waals surface area contributed by atoms with Crippen molar-refractivity contribution in [1.82, 2.24) is 0 Å². The molecule has 0 unspecified atom stereocenters. The van der Waals surface area contributed by atoms with Crippen molar-refractivity contribution in [1.29, 1.82) is 0 Å². The highest BCUT2D eigenvalue weighted by Crippen LogP contribution is 2.12. The lowest BCUT2D eigenvalue weighted by Gasteiger charge is -2.03. The van der Waals surface area contributed by atoms with E-state index in [4.69, 9.17) is 4.42 Å². The average molecular weight is 269 g/mol. The average Bonchev–Trinajstić information content (AvgIpc) is 2.82. The number of benzene rings is 1. The van der Waals surface area contributed by atoms with Gasteiger partial charge in [-0.3, -0.25) is 9.59 Å². The van der Waals surface area contributed by atoms with Gasteiger partial charge in [-0.25, -0.2) is 0 Å². The van der Waals surface area contributed by atoms with E-state index in [1.165, 1.54) is 13.0 Å². The zero-order valence-corrected chi connectivity index (χ0v) is 11.3. The smallest absolute Gasteiger partial charge is 0.248 e. The van der Waals surface area contributed by atoms with Gasteiger partial charge in [0.25, 0.3) is 0 Å². The van der Waals surface area contributed by atoms with Crippen molar-refractivity contribution in [3.05, 3.63) is 59.6 Å². The quantitative estimate of drug-likeness (QED) is 0.683. The van der Waals surface area contributed by atoms with Gasteiger partial charge in [0, 0.05) is 17.3 Å². The molecule has 0 fully saturated rings. The van der Waals surface area contributed by atoms with E-state index >= 15 is 0 Å². The van der Waals surface area contributed by atoms with Gasteiger partial charge in [0.15, 0.2) is 5.78 Å². The summed E-state index contributed by atoms with van der Waals surface area (Å²) in [6.45, 7) is 3.32. The van der Waals surface area contributed by atoms with Crippen LogP contribution in [0.5, 0.6) is 0 Å². The second-order valence-electron chi connectivity index (χ2n) is 4.41. The van der Waals surface area contributed by atoms with Crippen LogP contribution in [0.15, 0.2) is 46.9 Å². The lowest BCUT2D eigenvalue weighted by Crippen LogP contribution is -2.08. The molecule has 2 aromatic rings. The summed E-state index contributed by atoms with van der Waals surface area (Å²) >= 11 is 0. The number of amides is 1. The van der Waals surface area contributed by atoms with Crippen molar-refractivity contribution >= 4 is 23.5 Å². The van der Waals surface area contributed by atoms with Gasteiger partial charge in [-0.1, -0.05) is 12.1 Å². The first-order valence-electron chi connectivity index (χ1n) is 6.21. The van der Waals surface area contributed by atoms with Crippen molar-refractivity contribution < 1.29 is 14.0 Å². The predicted molar refractivity (Wildman–Crippen MR) is 77.6 cm³/mol. The molecule has 1 aromatic heterocycles. The molecule has 1 amide bonds. The molecule has 0 saturated heterocycles. The molecule has 102 valence electrons. The van der Waals surface area contributed by atoms with Gasteiger partial charge in [0.2, 0.25) is 5.91 Å². The summed E-state index contributed by atoms with van der Waals surface area (Å²) in [6.07, 6.45) is 2.98. The molecule has 0 aliphatic rings. The summed E-state index contributed by atoms with van der Waals surface area (Å²) in [5.41, 5.74) is 1.15. The van der Waals surface area contributed by atoms with Crippen molar-refractivity contribution in [2.24, 2.45) is 0 Å². The van der Waals surface area contributed by atoms with Gasteiger partial charge in [0.1, 0.15) is 11.5 Å². The largest absolute Gasteiger partial charge is 0.462 e. The summed E-state index contributed by atoms with van der Waals surface area (Å²) in [5.74, 6) is 1.09. The maximum Gasteiger partial charge on any atom is 0.248 e. The van der Waals surface area contributed by atoms with Gasteiger partial charge < -0.3 is 9.73 Å². The molecule has 0 aliphatic heterocycles. The van der Waals surface area contributed by atoms with Crippen molar-refractivity contribution in [3.63, 3.8) is 0 Å². The third-order valence-corrected chi connectivity index (χ3v) is 2.70. The highest BCUT2D eigenvalue weighted by Gasteiger charge is 2.02. The molecule has 0 atom stereocenters. The monoisotopic (exact) mass is 269 g/mol. The summed E-state index contributed by atoms with van der Waals surface area (Å²) in [4.78, 5) is 23.0. The number of nitrogens with one attached hydrogen (secondary N) is 1. The maximum absolute atomic E-state index is 11.7. The lowest BCUT2D eigenvalue weighted by molar-refractivity contribution is -0.111. The normalized spacial score (nSPS) is 10.7. The van der Waals surface area contributed by atoms with Crippen molar-refractivity contribution in [3.8, 4) is 0 Å². The van der Waals surface area contributed by atoms with E-state index < -0.39 is 0 Å². The number of furan rings is 1. The summed E-state index contributed by atoms with van der Waals surface area (Å²) < 4.78 is 5.32. The lowest BCUT2D eigenvalue weighted by atomic mass is 10.1.